The Kier molecular flexibility index (Phi) is 7.73. The van der Waals surface area contributed by atoms with Gasteiger partial charge in [-0.15, -0.1) is 0 Å². The van der Waals surface area contributed by atoms with E-state index in [1.54, 1.807) is 18.2 Å². The number of piperidine rings is 1. The summed E-state index contributed by atoms with van der Waals surface area (Å²) >= 11 is 0. The third kappa shape index (κ3) is 5.80. The molecule has 32 heavy (non-hydrogen) atoms. The fourth-order valence-corrected chi connectivity index (χ4v) is 3.50. The van der Waals surface area contributed by atoms with E-state index in [9.17, 15) is 24.0 Å². The molecule has 1 atom stereocenters. The molecule has 2 heterocycles. The molecule has 2 aliphatic heterocycles. The summed E-state index contributed by atoms with van der Waals surface area (Å²) < 4.78 is 10.4. The third-order valence-electron chi connectivity index (χ3n) is 4.98. The van der Waals surface area contributed by atoms with E-state index in [0.717, 1.165) is 0 Å². The topological polar surface area (TPSA) is 163 Å². The fourth-order valence-electron chi connectivity index (χ4n) is 3.50. The van der Waals surface area contributed by atoms with E-state index in [2.05, 4.69) is 16.0 Å². The number of hydrogen-bond donors (Lipinski definition) is 4. The van der Waals surface area contributed by atoms with Crippen LogP contribution in [0.5, 0.6) is 0 Å². The first-order chi connectivity index (χ1) is 15.4. The average molecular weight is 448 g/mol. The van der Waals surface area contributed by atoms with Crippen LogP contribution in [0.1, 0.15) is 28.8 Å². The summed E-state index contributed by atoms with van der Waals surface area (Å²) in [5, 5.41) is 15.5. The monoisotopic (exact) mass is 448 g/mol. The van der Waals surface area contributed by atoms with Crippen molar-refractivity contribution in [3.8, 4) is 0 Å². The summed E-state index contributed by atoms with van der Waals surface area (Å²) in [6, 6.07) is 4.20. The van der Waals surface area contributed by atoms with Crippen LogP contribution in [0.25, 0.3) is 0 Å². The Morgan fingerprint density at radius 1 is 1.16 bits per heavy atom. The number of ether oxygens (including phenoxy) is 2. The van der Waals surface area contributed by atoms with Gasteiger partial charge in [-0.2, -0.15) is 0 Å². The minimum atomic E-state index is -1.13. The van der Waals surface area contributed by atoms with Crippen LogP contribution in [-0.2, 0) is 30.4 Å². The lowest BCUT2D eigenvalue weighted by molar-refractivity contribution is -0.137. The predicted octanol–water partition coefficient (Wildman–Crippen LogP) is -0.313. The molecular formula is C20H24N4O8. The van der Waals surface area contributed by atoms with Crippen molar-refractivity contribution in [3.63, 3.8) is 0 Å². The van der Waals surface area contributed by atoms with Gasteiger partial charge in [0.2, 0.25) is 17.7 Å². The number of carbonyl (C=O) groups is 5. The van der Waals surface area contributed by atoms with E-state index in [-0.39, 0.29) is 64.2 Å². The first-order valence-electron chi connectivity index (χ1n) is 10.1. The second kappa shape index (κ2) is 10.7. The van der Waals surface area contributed by atoms with Crippen LogP contribution in [0.4, 0.5) is 10.5 Å². The number of fused-ring (bicyclic) bond motifs is 1. The van der Waals surface area contributed by atoms with Crippen LogP contribution in [-0.4, -0.2) is 78.7 Å². The van der Waals surface area contributed by atoms with Gasteiger partial charge < -0.3 is 30.1 Å². The lowest BCUT2D eigenvalue weighted by Gasteiger charge is -2.29. The zero-order valence-corrected chi connectivity index (χ0v) is 17.2. The van der Waals surface area contributed by atoms with Gasteiger partial charge >= 0.3 is 6.09 Å². The van der Waals surface area contributed by atoms with Gasteiger partial charge in [0.1, 0.15) is 12.6 Å². The second-order valence-electron chi connectivity index (χ2n) is 7.18. The number of carboxylic acid groups (broad SMARTS) is 1. The lowest BCUT2D eigenvalue weighted by atomic mass is 10.0. The standard InChI is InChI=1S/C20H24N4O8/c25-16-5-4-15(18(27)23-16)24-10-13-12(19(24)28)2-1-3-14(13)22-17(26)11-32-9-8-31-7-6-21-20(29)30/h1-3,15,21H,4-11H2,(H,22,26)(H,29,30)(H,23,25,27). The lowest BCUT2D eigenvalue weighted by Crippen LogP contribution is -2.52. The summed E-state index contributed by atoms with van der Waals surface area (Å²) in [5.41, 5.74) is 1.46. The molecule has 1 unspecified atom stereocenters. The van der Waals surface area contributed by atoms with Gasteiger partial charge in [0.15, 0.2) is 0 Å². The van der Waals surface area contributed by atoms with Crippen molar-refractivity contribution in [3.05, 3.63) is 29.3 Å². The van der Waals surface area contributed by atoms with E-state index in [0.29, 0.717) is 16.8 Å². The molecule has 12 heteroatoms. The molecule has 0 spiro atoms. The minimum absolute atomic E-state index is 0.148. The van der Waals surface area contributed by atoms with Crippen molar-refractivity contribution >= 4 is 35.4 Å². The Balaban J connectivity index is 1.48. The molecule has 5 amide bonds. The maximum absolute atomic E-state index is 12.8. The normalized spacial score (nSPS) is 17.7. The molecule has 4 N–H and O–H groups in total. The number of nitrogens with one attached hydrogen (secondary N) is 3. The van der Waals surface area contributed by atoms with Crippen molar-refractivity contribution in [1.29, 1.82) is 0 Å². The number of hydrogen-bond acceptors (Lipinski definition) is 7. The SMILES string of the molecule is O=C(O)NCCOCCOCC(=O)Nc1cccc2c1CN(C1CCC(=O)NC1=O)C2=O. The van der Waals surface area contributed by atoms with Crippen molar-refractivity contribution < 1.29 is 38.6 Å². The second-order valence-corrected chi connectivity index (χ2v) is 7.18. The number of nitrogens with zero attached hydrogens (tertiary/aromatic N) is 1. The van der Waals surface area contributed by atoms with Crippen LogP contribution in [0.15, 0.2) is 18.2 Å². The zero-order valence-electron chi connectivity index (χ0n) is 17.2. The number of amides is 5. The van der Waals surface area contributed by atoms with Crippen molar-refractivity contribution in [2.75, 3.05) is 38.3 Å². The summed E-state index contributed by atoms with van der Waals surface area (Å²) in [6.07, 6.45) is -0.707. The van der Waals surface area contributed by atoms with Crippen LogP contribution < -0.4 is 16.0 Å². The fraction of sp³-hybridized carbons (Fsp3) is 0.450. The molecule has 0 aromatic heterocycles. The minimum Gasteiger partial charge on any atom is -0.465 e. The third-order valence-corrected chi connectivity index (χ3v) is 4.98. The maximum Gasteiger partial charge on any atom is 0.404 e. The number of anilines is 1. The highest BCUT2D eigenvalue weighted by Crippen LogP contribution is 2.32. The van der Waals surface area contributed by atoms with Crippen LogP contribution in [0.2, 0.25) is 0 Å². The molecule has 1 fully saturated rings. The van der Waals surface area contributed by atoms with Crippen molar-refractivity contribution in [2.45, 2.75) is 25.4 Å². The Morgan fingerprint density at radius 2 is 1.94 bits per heavy atom. The van der Waals surface area contributed by atoms with Crippen molar-refractivity contribution in [1.82, 2.24) is 15.5 Å². The largest absolute Gasteiger partial charge is 0.465 e. The van der Waals surface area contributed by atoms with Gasteiger partial charge in [0.25, 0.3) is 5.91 Å². The van der Waals surface area contributed by atoms with E-state index in [4.69, 9.17) is 14.6 Å². The quantitative estimate of drug-likeness (QED) is 0.280. The summed E-state index contributed by atoms with van der Waals surface area (Å²) in [4.78, 5) is 60.3. The van der Waals surface area contributed by atoms with Gasteiger partial charge in [-0.3, -0.25) is 24.5 Å². The van der Waals surface area contributed by atoms with E-state index < -0.39 is 23.9 Å². The molecule has 1 aromatic rings. The van der Waals surface area contributed by atoms with Gasteiger partial charge in [-0.25, -0.2) is 4.79 Å². The van der Waals surface area contributed by atoms with Crippen LogP contribution in [0.3, 0.4) is 0 Å². The zero-order chi connectivity index (χ0) is 23.1. The highest BCUT2D eigenvalue weighted by Gasteiger charge is 2.39. The predicted molar refractivity (Wildman–Crippen MR) is 109 cm³/mol. The molecule has 0 saturated carbocycles. The smallest absolute Gasteiger partial charge is 0.404 e. The average Bonchev–Trinajstić information content (AvgIpc) is 3.07. The summed E-state index contributed by atoms with van der Waals surface area (Å²) in [5.74, 6) is -1.60. The first kappa shape index (κ1) is 23.2. The number of benzene rings is 1. The maximum atomic E-state index is 12.8. The molecule has 172 valence electrons. The van der Waals surface area contributed by atoms with Crippen LogP contribution >= 0.6 is 0 Å². The van der Waals surface area contributed by atoms with E-state index in [1.807, 2.05) is 0 Å². The molecule has 2 aliphatic rings. The van der Waals surface area contributed by atoms with Gasteiger partial charge in [0, 0.05) is 36.3 Å². The molecule has 12 nitrogen and oxygen atoms in total. The number of imide groups is 1. The molecule has 1 aromatic carbocycles. The van der Waals surface area contributed by atoms with E-state index >= 15 is 0 Å². The molecular weight excluding hydrogens is 424 g/mol. The Morgan fingerprint density at radius 3 is 2.69 bits per heavy atom. The van der Waals surface area contributed by atoms with Gasteiger partial charge in [-0.05, 0) is 18.6 Å². The Hall–Kier alpha value is -3.51. The summed E-state index contributed by atoms with van der Waals surface area (Å²) in [7, 11) is 0. The first-order valence-corrected chi connectivity index (χ1v) is 10.1. The van der Waals surface area contributed by atoms with Crippen LogP contribution in [0, 0.1) is 0 Å². The molecule has 1 saturated heterocycles. The van der Waals surface area contributed by atoms with Gasteiger partial charge in [0.05, 0.1) is 19.8 Å². The number of rotatable bonds is 10. The summed E-state index contributed by atoms with van der Waals surface area (Å²) in [6.45, 7) is 0.611. The molecule has 0 aliphatic carbocycles. The Bertz CT molecular complexity index is 919. The molecule has 0 bridgehead atoms. The number of carbonyl (C=O) groups excluding carboxylic acids is 4. The highest BCUT2D eigenvalue weighted by atomic mass is 16.5. The van der Waals surface area contributed by atoms with Crippen molar-refractivity contribution in [2.24, 2.45) is 0 Å². The Labute approximate surface area is 183 Å². The molecule has 3 rings (SSSR count). The van der Waals surface area contributed by atoms with E-state index in [1.165, 1.54) is 4.90 Å². The van der Waals surface area contributed by atoms with Gasteiger partial charge in [-0.1, -0.05) is 6.07 Å². The molecule has 0 radical (unpaired) electrons. The highest BCUT2D eigenvalue weighted by molar-refractivity contribution is 6.06.